The molecule has 0 saturated heterocycles. The second kappa shape index (κ2) is 6.53. The lowest BCUT2D eigenvalue weighted by Crippen LogP contribution is -2.10. The summed E-state index contributed by atoms with van der Waals surface area (Å²) >= 11 is 5.73. The summed E-state index contributed by atoms with van der Waals surface area (Å²) in [5, 5.41) is 2.94. The maximum absolute atomic E-state index is 13.7. The Morgan fingerprint density at radius 3 is 2.76 bits per heavy atom. The van der Waals surface area contributed by atoms with Gasteiger partial charge in [0.2, 0.25) is 0 Å². The summed E-state index contributed by atoms with van der Waals surface area (Å²) in [6.07, 6.45) is 0. The van der Waals surface area contributed by atoms with Crippen LogP contribution in [0.25, 0.3) is 0 Å². The maximum Gasteiger partial charge on any atom is 0.387 e. The Morgan fingerprint density at radius 2 is 2.05 bits per heavy atom. The van der Waals surface area contributed by atoms with E-state index < -0.39 is 12.4 Å². The second-order valence-corrected chi connectivity index (χ2v) is 4.41. The van der Waals surface area contributed by atoms with Crippen LogP contribution in [0.2, 0.25) is 5.15 Å². The third-order valence-electron chi connectivity index (χ3n) is 2.62. The SMILES string of the molecule is Nc1ccc(Cl)nc1NCc1c(F)cccc1OC(F)F. The third-order valence-corrected chi connectivity index (χ3v) is 2.83. The van der Waals surface area contributed by atoms with Crippen LogP contribution in [-0.4, -0.2) is 11.6 Å². The minimum Gasteiger partial charge on any atom is -0.434 e. The predicted molar refractivity (Wildman–Crippen MR) is 74.0 cm³/mol. The van der Waals surface area contributed by atoms with Gasteiger partial charge in [0.15, 0.2) is 5.82 Å². The number of rotatable bonds is 5. The van der Waals surface area contributed by atoms with Crippen LogP contribution in [0.3, 0.4) is 0 Å². The summed E-state index contributed by atoms with van der Waals surface area (Å²) in [6, 6.07) is 6.69. The molecule has 1 heterocycles. The molecule has 8 heteroatoms. The lowest BCUT2D eigenvalue weighted by atomic mass is 10.2. The molecule has 0 aliphatic heterocycles. The van der Waals surface area contributed by atoms with Crippen LogP contribution in [0, 0.1) is 5.82 Å². The third kappa shape index (κ3) is 3.91. The van der Waals surface area contributed by atoms with Crippen LogP contribution in [0.5, 0.6) is 5.75 Å². The molecular formula is C13H11ClF3N3O. The molecule has 1 aromatic heterocycles. The van der Waals surface area contributed by atoms with E-state index in [1.54, 1.807) is 0 Å². The highest BCUT2D eigenvalue weighted by Gasteiger charge is 2.14. The standard InChI is InChI=1S/C13H11ClF3N3O/c14-11-5-4-9(18)12(20-11)19-6-7-8(15)2-1-3-10(7)21-13(16)17/h1-5,13H,6,18H2,(H,19,20). The normalized spacial score (nSPS) is 10.7. The Bertz CT molecular complexity index is 640. The first-order valence-corrected chi connectivity index (χ1v) is 6.23. The minimum atomic E-state index is -3.04. The van der Waals surface area contributed by atoms with E-state index in [1.165, 1.54) is 24.3 Å². The number of hydrogen-bond acceptors (Lipinski definition) is 4. The number of nitrogens with zero attached hydrogens (tertiary/aromatic N) is 1. The Hall–Kier alpha value is -2.15. The number of alkyl halides is 2. The summed E-state index contributed by atoms with van der Waals surface area (Å²) in [5.41, 5.74) is 5.92. The zero-order valence-corrected chi connectivity index (χ0v) is 11.4. The molecule has 2 rings (SSSR count). The van der Waals surface area contributed by atoms with Gasteiger partial charge in [-0.3, -0.25) is 0 Å². The van der Waals surface area contributed by atoms with E-state index in [1.807, 2.05) is 0 Å². The molecule has 112 valence electrons. The van der Waals surface area contributed by atoms with E-state index in [0.717, 1.165) is 6.07 Å². The fourth-order valence-corrected chi connectivity index (χ4v) is 1.82. The quantitative estimate of drug-likeness (QED) is 0.826. The summed E-state index contributed by atoms with van der Waals surface area (Å²) < 4.78 is 42.6. The van der Waals surface area contributed by atoms with E-state index in [-0.39, 0.29) is 28.8 Å². The first kappa shape index (κ1) is 15.2. The van der Waals surface area contributed by atoms with Gasteiger partial charge in [-0.1, -0.05) is 17.7 Å². The van der Waals surface area contributed by atoms with E-state index >= 15 is 0 Å². The van der Waals surface area contributed by atoms with Gasteiger partial charge >= 0.3 is 6.61 Å². The molecule has 0 saturated carbocycles. The van der Waals surface area contributed by atoms with Crippen LogP contribution in [0.15, 0.2) is 30.3 Å². The Balaban J connectivity index is 2.21. The minimum absolute atomic E-state index is 0.0565. The second-order valence-electron chi connectivity index (χ2n) is 4.02. The summed E-state index contributed by atoms with van der Waals surface area (Å²) in [5.74, 6) is -0.701. The van der Waals surface area contributed by atoms with Crippen molar-refractivity contribution in [3.63, 3.8) is 0 Å². The molecule has 21 heavy (non-hydrogen) atoms. The van der Waals surface area contributed by atoms with Gasteiger partial charge in [0, 0.05) is 12.1 Å². The average Bonchev–Trinajstić information content (AvgIpc) is 2.41. The number of pyridine rings is 1. The Morgan fingerprint density at radius 1 is 1.29 bits per heavy atom. The van der Waals surface area contributed by atoms with Gasteiger partial charge in [0.25, 0.3) is 0 Å². The van der Waals surface area contributed by atoms with Crippen LogP contribution in [0.1, 0.15) is 5.56 Å². The molecule has 0 bridgehead atoms. The first-order chi connectivity index (χ1) is 9.97. The van der Waals surface area contributed by atoms with E-state index in [9.17, 15) is 13.2 Å². The molecule has 4 nitrogen and oxygen atoms in total. The fraction of sp³-hybridized carbons (Fsp3) is 0.154. The highest BCUT2D eigenvalue weighted by atomic mass is 35.5. The van der Waals surface area contributed by atoms with Crippen LogP contribution in [-0.2, 0) is 6.54 Å². The smallest absolute Gasteiger partial charge is 0.387 e. The largest absolute Gasteiger partial charge is 0.434 e. The first-order valence-electron chi connectivity index (χ1n) is 5.85. The van der Waals surface area contributed by atoms with Crippen molar-refractivity contribution in [3.8, 4) is 5.75 Å². The highest BCUT2D eigenvalue weighted by Crippen LogP contribution is 2.25. The van der Waals surface area contributed by atoms with Crippen LogP contribution >= 0.6 is 11.6 Å². The number of anilines is 2. The van der Waals surface area contributed by atoms with Crippen molar-refractivity contribution in [1.29, 1.82) is 0 Å². The van der Waals surface area contributed by atoms with Gasteiger partial charge in [-0.15, -0.1) is 0 Å². The Kier molecular flexibility index (Phi) is 4.74. The number of aromatic nitrogens is 1. The fourth-order valence-electron chi connectivity index (χ4n) is 1.68. The van der Waals surface area contributed by atoms with Crippen LogP contribution in [0.4, 0.5) is 24.7 Å². The molecular weight excluding hydrogens is 307 g/mol. The number of nitrogens with two attached hydrogens (primary N) is 1. The number of halogens is 4. The molecule has 0 aliphatic carbocycles. The molecule has 0 radical (unpaired) electrons. The molecule has 0 fully saturated rings. The van der Waals surface area contributed by atoms with Crippen molar-refractivity contribution in [2.45, 2.75) is 13.2 Å². The van der Waals surface area contributed by atoms with Gasteiger partial charge in [-0.25, -0.2) is 9.37 Å². The molecule has 0 unspecified atom stereocenters. The van der Waals surface area contributed by atoms with Gasteiger partial charge in [-0.05, 0) is 24.3 Å². The molecule has 1 aromatic carbocycles. The zero-order chi connectivity index (χ0) is 15.4. The van der Waals surface area contributed by atoms with Crippen molar-refractivity contribution in [2.75, 3.05) is 11.1 Å². The maximum atomic E-state index is 13.7. The van der Waals surface area contributed by atoms with Gasteiger partial charge in [0.1, 0.15) is 16.7 Å². The van der Waals surface area contributed by atoms with Gasteiger partial charge < -0.3 is 15.8 Å². The summed E-state index contributed by atoms with van der Waals surface area (Å²) in [4.78, 5) is 3.93. The number of hydrogen-bond donors (Lipinski definition) is 2. The lowest BCUT2D eigenvalue weighted by molar-refractivity contribution is -0.0505. The lowest BCUT2D eigenvalue weighted by Gasteiger charge is -2.13. The van der Waals surface area contributed by atoms with Gasteiger partial charge in [-0.2, -0.15) is 8.78 Å². The van der Waals surface area contributed by atoms with Crippen molar-refractivity contribution in [2.24, 2.45) is 0 Å². The van der Waals surface area contributed by atoms with Crippen molar-refractivity contribution in [1.82, 2.24) is 4.98 Å². The zero-order valence-electron chi connectivity index (χ0n) is 10.6. The number of nitrogens with one attached hydrogen (secondary N) is 1. The van der Waals surface area contributed by atoms with Crippen molar-refractivity contribution >= 4 is 23.1 Å². The average molecular weight is 318 g/mol. The van der Waals surface area contributed by atoms with E-state index in [4.69, 9.17) is 17.3 Å². The highest BCUT2D eigenvalue weighted by molar-refractivity contribution is 6.29. The van der Waals surface area contributed by atoms with E-state index in [2.05, 4.69) is 15.0 Å². The summed E-state index contributed by atoms with van der Waals surface area (Å²) in [7, 11) is 0. The van der Waals surface area contributed by atoms with Gasteiger partial charge in [0.05, 0.1) is 5.69 Å². The molecule has 3 N–H and O–H groups in total. The summed E-state index contributed by atoms with van der Waals surface area (Å²) in [6.45, 7) is -3.17. The Labute approximate surface area is 123 Å². The number of ether oxygens (including phenoxy) is 1. The van der Waals surface area contributed by atoms with Crippen molar-refractivity contribution < 1.29 is 17.9 Å². The molecule has 0 atom stereocenters. The van der Waals surface area contributed by atoms with Crippen molar-refractivity contribution in [3.05, 3.63) is 46.9 Å². The molecule has 0 amide bonds. The monoisotopic (exact) mass is 317 g/mol. The number of benzene rings is 1. The topological polar surface area (TPSA) is 60.2 Å². The predicted octanol–water partition coefficient (Wildman–Crippen LogP) is 3.67. The molecule has 0 spiro atoms. The molecule has 0 aliphatic rings. The number of nitrogen functional groups attached to an aromatic ring is 1. The molecule has 2 aromatic rings. The van der Waals surface area contributed by atoms with E-state index in [0.29, 0.717) is 5.69 Å². The van der Waals surface area contributed by atoms with Crippen LogP contribution < -0.4 is 15.8 Å².